The van der Waals surface area contributed by atoms with Crippen LogP contribution in [0, 0.1) is 0 Å². The van der Waals surface area contributed by atoms with Gasteiger partial charge >= 0.3 is 0 Å². The van der Waals surface area contributed by atoms with E-state index in [0.717, 1.165) is 52.9 Å². The van der Waals surface area contributed by atoms with Gasteiger partial charge in [0, 0.05) is 28.6 Å². The Morgan fingerprint density at radius 2 is 1.77 bits per heavy atom. The summed E-state index contributed by atoms with van der Waals surface area (Å²) in [7, 11) is 5.53. The molecule has 4 nitrogen and oxygen atoms in total. The molecule has 0 spiro atoms. The third kappa shape index (κ3) is 2.97. The van der Waals surface area contributed by atoms with Gasteiger partial charge < -0.3 is 14.4 Å². The molecule has 136 valence electrons. The van der Waals surface area contributed by atoms with E-state index in [2.05, 4.69) is 24.1 Å². The van der Waals surface area contributed by atoms with Gasteiger partial charge in [0.25, 0.3) is 0 Å². The smallest absolute Gasteiger partial charge is 0.161 e. The average Bonchev–Trinajstić information content (AvgIpc) is 2.67. The number of ether oxygens (including phenoxy) is 2. The van der Waals surface area contributed by atoms with Crippen LogP contribution in [0.15, 0.2) is 41.4 Å². The van der Waals surface area contributed by atoms with Crippen molar-refractivity contribution in [2.75, 3.05) is 34.4 Å². The van der Waals surface area contributed by atoms with Gasteiger partial charge in [0.05, 0.1) is 26.0 Å². The second kappa shape index (κ2) is 6.93. The van der Waals surface area contributed by atoms with E-state index in [4.69, 9.17) is 26.1 Å². The Labute approximate surface area is 159 Å². The van der Waals surface area contributed by atoms with E-state index >= 15 is 0 Å². The number of hydrogen-bond donors (Lipinski definition) is 0. The first-order valence-electron chi connectivity index (χ1n) is 8.89. The Balaban J connectivity index is 1.89. The fourth-order valence-electron chi connectivity index (χ4n) is 4.04. The van der Waals surface area contributed by atoms with Crippen molar-refractivity contribution in [2.45, 2.75) is 18.4 Å². The van der Waals surface area contributed by atoms with Gasteiger partial charge in [-0.15, -0.1) is 0 Å². The fraction of sp³-hybridized carbons (Fsp3) is 0.381. The van der Waals surface area contributed by atoms with Crippen LogP contribution in [0.4, 0.5) is 0 Å². The zero-order valence-corrected chi connectivity index (χ0v) is 16.1. The molecule has 2 aromatic rings. The van der Waals surface area contributed by atoms with E-state index in [1.165, 1.54) is 5.56 Å². The monoisotopic (exact) mass is 370 g/mol. The van der Waals surface area contributed by atoms with E-state index in [-0.39, 0.29) is 0 Å². The summed E-state index contributed by atoms with van der Waals surface area (Å²) >= 11 is 6.08. The minimum Gasteiger partial charge on any atom is -0.493 e. The van der Waals surface area contributed by atoms with Crippen molar-refractivity contribution in [3.05, 3.63) is 58.1 Å². The lowest BCUT2D eigenvalue weighted by Gasteiger charge is -2.39. The van der Waals surface area contributed by atoms with Crippen LogP contribution in [-0.4, -0.2) is 51.0 Å². The summed E-state index contributed by atoms with van der Waals surface area (Å²) in [5, 5.41) is 0.731. The van der Waals surface area contributed by atoms with Crippen LogP contribution in [0.3, 0.4) is 0 Å². The van der Waals surface area contributed by atoms with E-state index in [1.54, 1.807) is 14.2 Å². The number of halogens is 1. The maximum absolute atomic E-state index is 6.08. The Hall–Kier alpha value is -2.04. The molecule has 0 amide bonds. The molecule has 26 heavy (non-hydrogen) atoms. The molecule has 0 bridgehead atoms. The lowest BCUT2D eigenvalue weighted by molar-refractivity contribution is 0.227. The minimum atomic E-state index is 0.294. The van der Waals surface area contributed by atoms with Crippen molar-refractivity contribution >= 4 is 17.3 Å². The molecule has 4 rings (SSSR count). The van der Waals surface area contributed by atoms with Gasteiger partial charge in [-0.25, -0.2) is 0 Å². The molecule has 2 atom stereocenters. The summed E-state index contributed by atoms with van der Waals surface area (Å²) in [4.78, 5) is 7.54. The molecule has 2 heterocycles. The quantitative estimate of drug-likeness (QED) is 0.819. The first kappa shape index (κ1) is 17.4. The molecule has 0 aromatic heterocycles. The maximum atomic E-state index is 6.08. The van der Waals surface area contributed by atoms with Crippen LogP contribution in [-0.2, 0) is 0 Å². The summed E-state index contributed by atoms with van der Waals surface area (Å²) < 4.78 is 11.1. The molecule has 2 unspecified atom stereocenters. The minimum absolute atomic E-state index is 0.294. The largest absolute Gasteiger partial charge is 0.493 e. The second-order valence-corrected chi connectivity index (χ2v) is 7.44. The normalized spacial score (nSPS) is 22.2. The number of methoxy groups -OCH3 is 2. The van der Waals surface area contributed by atoms with Crippen molar-refractivity contribution in [3.63, 3.8) is 0 Å². The average molecular weight is 371 g/mol. The molecule has 0 saturated carbocycles. The lowest BCUT2D eigenvalue weighted by Crippen LogP contribution is -2.41. The van der Waals surface area contributed by atoms with Crippen molar-refractivity contribution in [3.8, 4) is 11.5 Å². The fourth-order valence-corrected chi connectivity index (χ4v) is 4.17. The van der Waals surface area contributed by atoms with Gasteiger partial charge in [-0.2, -0.15) is 0 Å². The molecule has 1 saturated heterocycles. The van der Waals surface area contributed by atoms with Crippen LogP contribution < -0.4 is 9.47 Å². The predicted molar refractivity (Wildman–Crippen MR) is 105 cm³/mol. The number of piperidine rings is 1. The van der Waals surface area contributed by atoms with E-state index in [0.29, 0.717) is 12.0 Å². The van der Waals surface area contributed by atoms with E-state index < -0.39 is 0 Å². The van der Waals surface area contributed by atoms with Crippen molar-refractivity contribution < 1.29 is 9.47 Å². The first-order chi connectivity index (χ1) is 12.6. The number of likely N-dealkylation sites (N-methyl/N-ethyl adjacent to an activating group) is 1. The Morgan fingerprint density at radius 3 is 2.46 bits per heavy atom. The topological polar surface area (TPSA) is 34.1 Å². The maximum Gasteiger partial charge on any atom is 0.161 e. The van der Waals surface area contributed by atoms with Gasteiger partial charge in [0.1, 0.15) is 0 Å². The van der Waals surface area contributed by atoms with Crippen LogP contribution in [0.1, 0.15) is 29.0 Å². The summed E-state index contributed by atoms with van der Waals surface area (Å²) in [5.41, 5.74) is 4.52. The number of benzene rings is 2. The van der Waals surface area contributed by atoms with Gasteiger partial charge in [-0.05, 0) is 49.8 Å². The van der Waals surface area contributed by atoms with Crippen molar-refractivity contribution in [1.82, 2.24) is 4.90 Å². The molecule has 0 N–H and O–H groups in total. The van der Waals surface area contributed by atoms with Crippen LogP contribution in [0.5, 0.6) is 11.5 Å². The first-order valence-corrected chi connectivity index (χ1v) is 9.27. The third-order valence-electron chi connectivity index (χ3n) is 5.40. The van der Waals surface area contributed by atoms with Crippen molar-refractivity contribution in [2.24, 2.45) is 4.99 Å². The molecule has 1 fully saturated rings. The number of nitrogens with zero attached hydrogens (tertiary/aromatic N) is 2. The van der Waals surface area contributed by atoms with Crippen LogP contribution in [0.25, 0.3) is 0 Å². The molecular formula is C21H23ClN2O2. The lowest BCUT2D eigenvalue weighted by atomic mass is 9.79. The number of likely N-dealkylation sites (tertiary alicyclic amines) is 1. The highest BCUT2D eigenvalue weighted by Crippen LogP contribution is 2.42. The summed E-state index contributed by atoms with van der Waals surface area (Å²) in [6.07, 6.45) is 1.06. The molecule has 0 radical (unpaired) electrons. The highest BCUT2D eigenvalue weighted by Gasteiger charge is 2.36. The summed E-state index contributed by atoms with van der Waals surface area (Å²) in [5.74, 6) is 1.88. The standard InChI is InChI=1S/C21H23ClN2O2/c1-24-9-8-18-17(12-24)15-10-19(25-2)20(26-3)11-16(15)21(23-18)13-4-6-14(22)7-5-13/h4-7,10-11,17-18H,8-9,12H2,1-3H3. The molecular weight excluding hydrogens is 348 g/mol. The SMILES string of the molecule is COc1cc2c(cc1OC)C1CN(C)CCC1N=C2c1ccc(Cl)cc1. The highest BCUT2D eigenvalue weighted by molar-refractivity contribution is 6.30. The molecule has 0 aliphatic carbocycles. The second-order valence-electron chi connectivity index (χ2n) is 7.00. The van der Waals surface area contributed by atoms with Gasteiger partial charge in [-0.1, -0.05) is 23.7 Å². The van der Waals surface area contributed by atoms with Gasteiger partial charge in [0.2, 0.25) is 0 Å². The molecule has 2 aliphatic rings. The van der Waals surface area contributed by atoms with E-state index in [1.807, 2.05) is 24.3 Å². The highest BCUT2D eigenvalue weighted by atomic mass is 35.5. The van der Waals surface area contributed by atoms with Gasteiger partial charge in [0.15, 0.2) is 11.5 Å². The Bertz CT molecular complexity index is 848. The number of fused-ring (bicyclic) bond motifs is 3. The third-order valence-corrected chi connectivity index (χ3v) is 5.65. The summed E-state index contributed by atoms with van der Waals surface area (Å²) in [6.45, 7) is 2.08. The Kier molecular flexibility index (Phi) is 4.63. The number of aliphatic imine (C=N–C) groups is 1. The van der Waals surface area contributed by atoms with Gasteiger partial charge in [-0.3, -0.25) is 4.99 Å². The molecule has 2 aromatic carbocycles. The summed E-state index contributed by atoms with van der Waals surface area (Å²) in [6, 6.07) is 12.4. The Morgan fingerprint density at radius 1 is 1.08 bits per heavy atom. The van der Waals surface area contributed by atoms with Crippen molar-refractivity contribution in [1.29, 1.82) is 0 Å². The molecule has 5 heteroatoms. The zero-order valence-electron chi connectivity index (χ0n) is 15.3. The van der Waals surface area contributed by atoms with E-state index in [9.17, 15) is 0 Å². The van der Waals surface area contributed by atoms with Crippen LogP contribution in [0.2, 0.25) is 5.02 Å². The molecule has 2 aliphatic heterocycles. The van der Waals surface area contributed by atoms with Crippen LogP contribution >= 0.6 is 11.6 Å². The number of rotatable bonds is 3. The predicted octanol–water partition coefficient (Wildman–Crippen LogP) is 4.00. The number of hydrogen-bond acceptors (Lipinski definition) is 4. The zero-order chi connectivity index (χ0) is 18.3.